The summed E-state index contributed by atoms with van der Waals surface area (Å²) in [6, 6.07) is 0. The molecule has 0 heterocycles. The van der Waals surface area contributed by atoms with Gasteiger partial charge in [0.15, 0.2) is 0 Å². The Kier molecular flexibility index (Phi) is 21.8. The van der Waals surface area contributed by atoms with Gasteiger partial charge in [0.2, 0.25) is 0 Å². The second-order valence-corrected chi connectivity index (χ2v) is 0.790. The molecule has 0 saturated carbocycles. The molecule has 0 aromatic heterocycles. The van der Waals surface area contributed by atoms with Crippen molar-refractivity contribution >= 4 is 12.4 Å². The average molecular weight is 151 g/mol. The van der Waals surface area contributed by atoms with Gasteiger partial charge in [0, 0.05) is 0 Å². The van der Waals surface area contributed by atoms with Gasteiger partial charge in [-0.15, -0.1) is 0 Å². The van der Waals surface area contributed by atoms with Crippen molar-refractivity contribution in [3.63, 3.8) is 0 Å². The van der Waals surface area contributed by atoms with Crippen LogP contribution in [0.2, 0.25) is 0 Å². The van der Waals surface area contributed by atoms with Crippen LogP contribution in [0.3, 0.4) is 0 Å². The first-order chi connectivity index (χ1) is 3.31. The molecule has 0 aliphatic carbocycles. The Morgan fingerprint density at radius 1 is 1.67 bits per heavy atom. The average Bonchev–Trinajstić information content (AvgIpc) is 1.68. The fraction of sp³-hybridized carbons (Fsp3) is 0.333. The normalized spacial score (nSPS) is 5.89. The smallest absolute Gasteiger partial charge is 1.00 e. The van der Waals surface area contributed by atoms with Crippen LogP contribution in [0, 0.1) is 0 Å². The van der Waals surface area contributed by atoms with Crippen molar-refractivity contribution in [2.45, 2.75) is 0 Å². The molecule has 2 N–H and O–H groups in total. The van der Waals surface area contributed by atoms with Crippen LogP contribution in [0.4, 0.5) is 0 Å². The quantitative estimate of drug-likeness (QED) is 0.184. The summed E-state index contributed by atoms with van der Waals surface area (Å²) in [4.78, 5) is 19.1. The number of carbonyl (C=O) groups excluding carboxylic acids is 2. The van der Waals surface area contributed by atoms with Crippen LogP contribution in [-0.2, 0) is 14.3 Å². The van der Waals surface area contributed by atoms with E-state index in [4.69, 9.17) is 5.73 Å². The number of hydrogen-bond donors (Lipinski definition) is 1. The first kappa shape index (κ1) is 16.6. The van der Waals surface area contributed by atoms with Crippen molar-refractivity contribution in [3.05, 3.63) is 0 Å². The van der Waals surface area contributed by atoms with Crippen LogP contribution >= 0.6 is 0 Å². The van der Waals surface area contributed by atoms with Crippen molar-refractivity contribution < 1.29 is 76.3 Å². The van der Waals surface area contributed by atoms with Crippen LogP contribution < -0.4 is 64.8 Å². The molecule has 0 bridgehead atoms. The van der Waals surface area contributed by atoms with E-state index in [2.05, 4.69) is 4.74 Å². The number of rotatable bonds is 2. The van der Waals surface area contributed by atoms with Crippen LogP contribution in [-0.4, -0.2) is 19.0 Å². The zero-order valence-electron chi connectivity index (χ0n) is 7.59. The summed E-state index contributed by atoms with van der Waals surface area (Å²) in [6.45, 7) is -0.200. The monoisotopic (exact) mass is 151 g/mol. The first-order valence-electron chi connectivity index (χ1n) is 1.64. The summed E-state index contributed by atoms with van der Waals surface area (Å²) in [5.41, 5.74) is 4.72. The minimum atomic E-state index is -0.713. The maximum absolute atomic E-state index is 9.83. The first-order valence-corrected chi connectivity index (χ1v) is 1.64. The van der Waals surface area contributed by atoms with Gasteiger partial charge in [-0.25, -0.2) is 0 Å². The predicted molar refractivity (Wildman–Crippen MR) is 23.4 cm³/mol. The molecular weight excluding hydrogens is 144 g/mol. The molecule has 0 aliphatic heterocycles. The van der Waals surface area contributed by atoms with Crippen LogP contribution in [0.5, 0.6) is 0 Å². The van der Waals surface area contributed by atoms with Gasteiger partial charge >= 0.3 is 71.6 Å². The summed E-state index contributed by atoms with van der Waals surface area (Å²) in [7, 11) is 0. The maximum Gasteiger partial charge on any atom is 1.00 e. The maximum atomic E-state index is 9.83. The molecule has 0 aromatic carbocycles. The zero-order valence-corrected chi connectivity index (χ0v) is 9.59. The van der Waals surface area contributed by atoms with E-state index in [9.17, 15) is 9.59 Å². The van der Waals surface area contributed by atoms with Crippen molar-refractivity contribution in [2.75, 3.05) is 6.54 Å². The van der Waals surface area contributed by atoms with Gasteiger partial charge in [-0.05, 0) is 0 Å². The van der Waals surface area contributed by atoms with E-state index in [1.807, 2.05) is 0 Å². The molecule has 4 nitrogen and oxygen atoms in total. The molecule has 0 aromatic rings. The van der Waals surface area contributed by atoms with E-state index in [1.54, 1.807) is 0 Å². The molecule has 0 saturated heterocycles. The SMILES string of the molecule is NCC(=O)OC=O.[H-].[H-].[Na+].[Na+]. The third kappa shape index (κ3) is 12.3. The van der Waals surface area contributed by atoms with Crippen LogP contribution in [0.25, 0.3) is 0 Å². The van der Waals surface area contributed by atoms with Gasteiger partial charge < -0.3 is 13.3 Å². The predicted octanol–water partition coefficient (Wildman–Crippen LogP) is -7.12. The number of nitrogens with two attached hydrogens (primary N) is 1. The number of esters is 1. The molecule has 44 valence electrons. The fourth-order valence-corrected chi connectivity index (χ4v) is 0.102. The molecule has 0 spiro atoms. The topological polar surface area (TPSA) is 69.4 Å². The third-order valence-electron chi connectivity index (χ3n) is 0.346. The fourth-order valence-electron chi connectivity index (χ4n) is 0.102. The van der Waals surface area contributed by atoms with E-state index in [0.29, 0.717) is 0 Å². The van der Waals surface area contributed by atoms with Crippen molar-refractivity contribution in [1.82, 2.24) is 0 Å². The van der Waals surface area contributed by atoms with Gasteiger partial charge in [0.05, 0.1) is 6.54 Å². The standard InChI is InChI=1S/C3H5NO3.2Na.2H/c4-1-3(6)7-2-5;;;;/h2H,1,4H2;;;;/q;2*+1;2*-1. The second-order valence-electron chi connectivity index (χ2n) is 0.790. The summed E-state index contributed by atoms with van der Waals surface area (Å²) in [5.74, 6) is -0.713. The second kappa shape index (κ2) is 11.8. The summed E-state index contributed by atoms with van der Waals surface area (Å²) < 4.78 is 3.75. The minimum Gasteiger partial charge on any atom is -1.00 e. The molecule has 0 radical (unpaired) electrons. The van der Waals surface area contributed by atoms with E-state index >= 15 is 0 Å². The Bertz CT molecular complexity index is 94.7. The third-order valence-corrected chi connectivity index (χ3v) is 0.346. The van der Waals surface area contributed by atoms with Crippen molar-refractivity contribution in [1.29, 1.82) is 0 Å². The largest absolute Gasteiger partial charge is 1.00 e. The zero-order chi connectivity index (χ0) is 5.70. The molecule has 0 unspecified atom stereocenters. The van der Waals surface area contributed by atoms with E-state index in [1.165, 1.54) is 0 Å². The number of carbonyl (C=O) groups is 2. The minimum absolute atomic E-state index is 0. The Morgan fingerprint density at radius 3 is 2.22 bits per heavy atom. The van der Waals surface area contributed by atoms with Gasteiger partial charge in [0.1, 0.15) is 0 Å². The molecule has 0 aliphatic rings. The molecule has 0 amide bonds. The van der Waals surface area contributed by atoms with Crippen LogP contribution in [0.1, 0.15) is 2.85 Å². The summed E-state index contributed by atoms with van der Waals surface area (Å²) >= 11 is 0. The molecule has 9 heavy (non-hydrogen) atoms. The van der Waals surface area contributed by atoms with Gasteiger partial charge in [-0.3, -0.25) is 9.59 Å². The number of hydrogen-bond acceptors (Lipinski definition) is 4. The van der Waals surface area contributed by atoms with Crippen LogP contribution in [0.15, 0.2) is 0 Å². The summed E-state index contributed by atoms with van der Waals surface area (Å²) in [6.07, 6.45) is 0. The molecule has 0 fully saturated rings. The van der Waals surface area contributed by atoms with Gasteiger partial charge in [-0.1, -0.05) is 0 Å². The van der Waals surface area contributed by atoms with E-state index in [0.717, 1.165) is 0 Å². The Morgan fingerprint density at radius 2 is 2.11 bits per heavy atom. The van der Waals surface area contributed by atoms with Gasteiger partial charge in [0.25, 0.3) is 0 Å². The summed E-state index contributed by atoms with van der Waals surface area (Å²) in [5, 5.41) is 0. The van der Waals surface area contributed by atoms with Crippen molar-refractivity contribution in [2.24, 2.45) is 5.73 Å². The molecule has 0 atom stereocenters. The van der Waals surface area contributed by atoms with E-state index < -0.39 is 5.97 Å². The Balaban J connectivity index is -0.0000000300. The Hall–Kier alpha value is 1.10. The number of ether oxygens (including phenoxy) is 1. The molecule has 0 rings (SSSR count). The Labute approximate surface area is 100 Å². The van der Waals surface area contributed by atoms with Crippen molar-refractivity contribution in [3.8, 4) is 0 Å². The molecular formula is C3H7NNa2O3. The molecule has 6 heteroatoms. The van der Waals surface area contributed by atoms with Gasteiger partial charge in [-0.2, -0.15) is 0 Å². The van der Waals surface area contributed by atoms with E-state index in [-0.39, 0.29) is 75.0 Å².